The molecule has 0 amide bonds. The van der Waals surface area contributed by atoms with Crippen molar-refractivity contribution in [2.24, 2.45) is 0 Å². The minimum atomic E-state index is 0.820. The topological polar surface area (TPSA) is 29.0 Å². The maximum atomic E-state index is 5.04. The van der Waals surface area contributed by atoms with Crippen LogP contribution in [-0.2, 0) is 32.2 Å². The minimum Gasteiger partial charge on any atom is -0.298 e. The van der Waals surface area contributed by atoms with Gasteiger partial charge in [-0.15, -0.1) is 0 Å². The smallest absolute Gasteiger partial charge is 0.133 e. The molecule has 29 heavy (non-hydrogen) atoms. The zero-order chi connectivity index (χ0) is 19.9. The molecule has 0 atom stereocenters. The number of hydrogen-bond acceptors (Lipinski definition) is 3. The first-order valence-electron chi connectivity index (χ1n) is 11.0. The van der Waals surface area contributed by atoms with Gasteiger partial charge in [-0.1, -0.05) is 74.0 Å². The summed E-state index contributed by atoms with van der Waals surface area (Å²) in [5.74, 6) is 0.984. The van der Waals surface area contributed by atoms with E-state index in [0.29, 0.717) is 0 Å². The highest BCUT2D eigenvalue weighted by atomic mass is 15.1. The molecule has 1 aromatic heterocycles. The van der Waals surface area contributed by atoms with Gasteiger partial charge in [0.2, 0.25) is 0 Å². The fourth-order valence-corrected chi connectivity index (χ4v) is 4.19. The van der Waals surface area contributed by atoms with Gasteiger partial charge in [0, 0.05) is 43.9 Å². The largest absolute Gasteiger partial charge is 0.298 e. The molecule has 0 aliphatic carbocycles. The number of rotatable bonds is 7. The Morgan fingerprint density at radius 1 is 0.828 bits per heavy atom. The maximum Gasteiger partial charge on any atom is 0.133 e. The Morgan fingerprint density at radius 3 is 2.24 bits per heavy atom. The number of unbranched alkanes of at least 4 members (excludes halogenated alkanes) is 1. The molecular formula is C26H31N3. The highest BCUT2D eigenvalue weighted by Gasteiger charge is 2.20. The second kappa shape index (κ2) is 9.80. The lowest BCUT2D eigenvalue weighted by molar-refractivity contribution is 0.279. The lowest BCUT2D eigenvalue weighted by Crippen LogP contribution is -2.25. The van der Waals surface area contributed by atoms with Gasteiger partial charge in [-0.05, 0) is 36.0 Å². The van der Waals surface area contributed by atoms with Gasteiger partial charge in [0.05, 0.1) is 0 Å². The van der Waals surface area contributed by atoms with Crippen molar-refractivity contribution in [3.8, 4) is 0 Å². The monoisotopic (exact) mass is 385 g/mol. The summed E-state index contributed by atoms with van der Waals surface area (Å²) in [7, 11) is 0. The van der Waals surface area contributed by atoms with Crippen LogP contribution in [0.3, 0.4) is 0 Å². The fourth-order valence-electron chi connectivity index (χ4n) is 4.19. The zero-order valence-corrected chi connectivity index (χ0v) is 17.5. The zero-order valence-electron chi connectivity index (χ0n) is 17.5. The molecule has 3 heteroatoms. The number of fused-ring (bicyclic) bond motifs is 1. The molecular weight excluding hydrogens is 354 g/mol. The van der Waals surface area contributed by atoms with Gasteiger partial charge in [-0.3, -0.25) is 4.90 Å². The summed E-state index contributed by atoms with van der Waals surface area (Å²) in [6, 6.07) is 21.4. The molecule has 0 spiro atoms. The van der Waals surface area contributed by atoms with E-state index in [1.807, 2.05) is 0 Å². The van der Waals surface area contributed by atoms with Gasteiger partial charge >= 0.3 is 0 Å². The Kier molecular flexibility index (Phi) is 6.68. The van der Waals surface area contributed by atoms with E-state index in [4.69, 9.17) is 9.97 Å². The maximum absolute atomic E-state index is 5.04. The van der Waals surface area contributed by atoms with Crippen LogP contribution < -0.4 is 0 Å². The van der Waals surface area contributed by atoms with Gasteiger partial charge in [0.15, 0.2) is 0 Å². The highest BCUT2D eigenvalue weighted by Crippen LogP contribution is 2.21. The molecule has 0 radical (unpaired) electrons. The Balaban J connectivity index is 1.55. The summed E-state index contributed by atoms with van der Waals surface area (Å²) >= 11 is 0. The second-order valence-electron chi connectivity index (χ2n) is 8.04. The predicted octanol–water partition coefficient (Wildman–Crippen LogP) is 5.01. The van der Waals surface area contributed by atoms with E-state index in [0.717, 1.165) is 51.1 Å². The highest BCUT2D eigenvalue weighted by molar-refractivity contribution is 5.30. The van der Waals surface area contributed by atoms with Crippen LogP contribution in [0, 0.1) is 0 Å². The van der Waals surface area contributed by atoms with Crippen molar-refractivity contribution in [1.82, 2.24) is 14.9 Å². The summed E-state index contributed by atoms with van der Waals surface area (Å²) < 4.78 is 0. The Hall–Kier alpha value is -2.52. The van der Waals surface area contributed by atoms with Crippen molar-refractivity contribution in [1.29, 1.82) is 0 Å². The molecule has 1 aliphatic heterocycles. The van der Waals surface area contributed by atoms with E-state index >= 15 is 0 Å². The molecule has 0 bridgehead atoms. The summed E-state index contributed by atoms with van der Waals surface area (Å²) in [6.45, 7) is 5.43. The van der Waals surface area contributed by atoms with Crippen LogP contribution in [0.25, 0.3) is 0 Å². The number of aryl methyl sites for hydroxylation is 1. The van der Waals surface area contributed by atoms with Crippen molar-refractivity contribution in [3.05, 3.63) is 94.6 Å². The van der Waals surface area contributed by atoms with E-state index in [-0.39, 0.29) is 0 Å². The minimum absolute atomic E-state index is 0.820. The predicted molar refractivity (Wildman–Crippen MR) is 119 cm³/mol. The molecule has 150 valence electrons. The molecule has 1 aliphatic rings. The molecule has 0 saturated heterocycles. The molecule has 0 saturated carbocycles. The van der Waals surface area contributed by atoms with E-state index < -0.39 is 0 Å². The van der Waals surface area contributed by atoms with Crippen molar-refractivity contribution in [3.63, 3.8) is 0 Å². The summed E-state index contributed by atoms with van der Waals surface area (Å²) in [5.41, 5.74) is 6.68. The third kappa shape index (κ3) is 5.30. The van der Waals surface area contributed by atoms with Crippen molar-refractivity contribution in [2.45, 2.75) is 52.0 Å². The van der Waals surface area contributed by atoms with Gasteiger partial charge in [0.25, 0.3) is 0 Å². The number of benzene rings is 2. The quantitative estimate of drug-likeness (QED) is 0.572. The van der Waals surface area contributed by atoms with Crippen LogP contribution in [-0.4, -0.2) is 28.0 Å². The number of nitrogens with zero attached hydrogens (tertiary/aromatic N) is 3. The summed E-state index contributed by atoms with van der Waals surface area (Å²) in [4.78, 5) is 12.6. The Bertz CT molecular complexity index is 906. The van der Waals surface area contributed by atoms with E-state index in [2.05, 4.69) is 72.5 Å². The van der Waals surface area contributed by atoms with Crippen LogP contribution in [0.2, 0.25) is 0 Å². The first-order valence-corrected chi connectivity index (χ1v) is 11.0. The van der Waals surface area contributed by atoms with Crippen LogP contribution in [0.4, 0.5) is 0 Å². The first kappa shape index (κ1) is 19.8. The van der Waals surface area contributed by atoms with E-state index in [9.17, 15) is 0 Å². The van der Waals surface area contributed by atoms with E-state index in [1.54, 1.807) is 0 Å². The van der Waals surface area contributed by atoms with Gasteiger partial charge in [-0.2, -0.15) is 0 Å². The van der Waals surface area contributed by atoms with E-state index in [1.165, 1.54) is 40.9 Å². The van der Waals surface area contributed by atoms with Crippen molar-refractivity contribution >= 4 is 0 Å². The number of aromatic nitrogens is 2. The fraction of sp³-hybridized carbons (Fsp3) is 0.385. The average Bonchev–Trinajstić information content (AvgIpc) is 2.96. The van der Waals surface area contributed by atoms with Crippen molar-refractivity contribution in [2.75, 3.05) is 13.1 Å². The molecule has 0 N–H and O–H groups in total. The van der Waals surface area contributed by atoms with Gasteiger partial charge in [0.1, 0.15) is 5.82 Å². The molecule has 0 fully saturated rings. The first-order chi connectivity index (χ1) is 14.3. The molecule has 3 aromatic rings. The third-order valence-corrected chi connectivity index (χ3v) is 5.79. The lowest BCUT2D eigenvalue weighted by Gasteiger charge is -2.19. The summed E-state index contributed by atoms with van der Waals surface area (Å²) in [5, 5.41) is 0. The molecule has 2 aromatic carbocycles. The van der Waals surface area contributed by atoms with Crippen LogP contribution in [0.5, 0.6) is 0 Å². The Labute approximate surface area is 174 Å². The normalized spacial score (nSPS) is 14.4. The van der Waals surface area contributed by atoms with Gasteiger partial charge in [-0.25, -0.2) is 9.97 Å². The van der Waals surface area contributed by atoms with Gasteiger partial charge < -0.3 is 0 Å². The lowest BCUT2D eigenvalue weighted by atomic mass is 10.0. The summed E-state index contributed by atoms with van der Waals surface area (Å²) in [6.07, 6.45) is 6.37. The van der Waals surface area contributed by atoms with Crippen LogP contribution >= 0.6 is 0 Å². The molecule has 3 nitrogen and oxygen atoms in total. The van der Waals surface area contributed by atoms with Crippen LogP contribution in [0.1, 0.15) is 53.7 Å². The molecule has 4 rings (SSSR count). The Morgan fingerprint density at radius 2 is 1.52 bits per heavy atom. The standard InChI is InChI=1S/C26H31N3/c1-2-3-14-24-23-15-17-29(20-22-12-8-5-9-13-22)18-16-25(23)28-26(27-24)19-21-10-6-4-7-11-21/h4-13H,2-3,14-20H2,1H3. The SMILES string of the molecule is CCCCc1nc(Cc2ccccc2)nc2c1CCN(Cc1ccccc1)CC2. The molecule has 2 heterocycles. The average molecular weight is 386 g/mol. The third-order valence-electron chi connectivity index (χ3n) is 5.79. The van der Waals surface area contributed by atoms with Crippen LogP contribution in [0.15, 0.2) is 60.7 Å². The van der Waals surface area contributed by atoms with Crippen molar-refractivity contribution < 1.29 is 0 Å². The number of hydrogen-bond donors (Lipinski definition) is 0. The molecule has 0 unspecified atom stereocenters. The second-order valence-corrected chi connectivity index (χ2v) is 8.04.